The van der Waals surface area contributed by atoms with Crippen LogP contribution in [0.2, 0.25) is 0 Å². The number of fused-ring (bicyclic) bond motifs is 5. The fraction of sp³-hybridized carbons (Fsp3) is 0.667. The molecule has 0 unspecified atom stereocenters. The Hall–Kier alpha value is -1.37. The summed E-state index contributed by atoms with van der Waals surface area (Å²) in [6.45, 7) is 4.82. The zero-order valence-electron chi connectivity index (χ0n) is 17.8. The SMILES string of the molecule is CCc1ccc(C[C@]23CCC(=O)C=C2CC[C@@H]2[C@H]3CC[C@]3(C)CCC[C@@H]23)cc1. The molecule has 0 saturated heterocycles. The lowest BCUT2D eigenvalue weighted by Crippen LogP contribution is -2.51. The topological polar surface area (TPSA) is 17.1 Å². The summed E-state index contributed by atoms with van der Waals surface area (Å²) < 4.78 is 0. The van der Waals surface area contributed by atoms with E-state index in [2.05, 4.69) is 44.2 Å². The van der Waals surface area contributed by atoms with Crippen molar-refractivity contribution < 1.29 is 4.79 Å². The van der Waals surface area contributed by atoms with E-state index in [-0.39, 0.29) is 5.41 Å². The summed E-state index contributed by atoms with van der Waals surface area (Å²) in [5.41, 5.74) is 5.30. The molecule has 0 aliphatic heterocycles. The van der Waals surface area contributed by atoms with Crippen molar-refractivity contribution in [2.24, 2.45) is 28.6 Å². The Kier molecular flexibility index (Phi) is 4.56. The van der Waals surface area contributed by atoms with Gasteiger partial charge < -0.3 is 0 Å². The van der Waals surface area contributed by atoms with Crippen LogP contribution in [-0.2, 0) is 17.6 Å². The average Bonchev–Trinajstić information content (AvgIpc) is 3.11. The molecule has 0 amide bonds. The Morgan fingerprint density at radius 3 is 2.50 bits per heavy atom. The predicted octanol–water partition coefficient (Wildman–Crippen LogP) is 6.69. The van der Waals surface area contributed by atoms with E-state index in [4.69, 9.17) is 0 Å². The van der Waals surface area contributed by atoms with Crippen LogP contribution in [-0.4, -0.2) is 5.78 Å². The number of carbonyl (C=O) groups is 1. The number of ketones is 1. The first-order valence-electron chi connectivity index (χ1n) is 11.9. The maximum atomic E-state index is 12.3. The van der Waals surface area contributed by atoms with Gasteiger partial charge in [0.15, 0.2) is 5.78 Å². The van der Waals surface area contributed by atoms with Crippen LogP contribution >= 0.6 is 0 Å². The number of rotatable bonds is 3. The van der Waals surface area contributed by atoms with Gasteiger partial charge in [0, 0.05) is 6.42 Å². The lowest BCUT2D eigenvalue weighted by molar-refractivity contribution is -0.117. The van der Waals surface area contributed by atoms with Gasteiger partial charge in [-0.25, -0.2) is 0 Å². The number of allylic oxidation sites excluding steroid dienone is 1. The minimum absolute atomic E-state index is 0.258. The second-order valence-corrected chi connectivity index (χ2v) is 10.6. The van der Waals surface area contributed by atoms with E-state index in [0.29, 0.717) is 11.2 Å². The molecule has 3 fully saturated rings. The fourth-order valence-corrected chi connectivity index (χ4v) is 7.94. The number of hydrogen-bond donors (Lipinski definition) is 0. The van der Waals surface area contributed by atoms with Crippen molar-refractivity contribution in [1.82, 2.24) is 0 Å². The average molecular weight is 377 g/mol. The molecule has 0 bridgehead atoms. The van der Waals surface area contributed by atoms with E-state index in [1.165, 1.54) is 61.6 Å². The van der Waals surface area contributed by atoms with Crippen molar-refractivity contribution in [3.63, 3.8) is 0 Å². The quantitative estimate of drug-likeness (QED) is 0.574. The van der Waals surface area contributed by atoms with E-state index >= 15 is 0 Å². The van der Waals surface area contributed by atoms with Crippen molar-refractivity contribution in [2.75, 3.05) is 0 Å². The van der Waals surface area contributed by atoms with Gasteiger partial charge in [0.1, 0.15) is 0 Å². The van der Waals surface area contributed by atoms with E-state index in [1.807, 2.05) is 0 Å². The highest BCUT2D eigenvalue weighted by molar-refractivity contribution is 5.91. The molecule has 0 spiro atoms. The summed E-state index contributed by atoms with van der Waals surface area (Å²) in [6.07, 6.45) is 15.9. The van der Waals surface area contributed by atoms with Crippen LogP contribution in [0, 0.1) is 28.6 Å². The molecule has 1 aromatic rings. The Morgan fingerprint density at radius 1 is 0.929 bits per heavy atom. The monoisotopic (exact) mass is 376 g/mol. The molecule has 28 heavy (non-hydrogen) atoms. The molecule has 5 rings (SSSR count). The largest absolute Gasteiger partial charge is 0.295 e. The number of carbonyl (C=O) groups excluding carboxylic acids is 1. The smallest absolute Gasteiger partial charge is 0.155 e. The van der Waals surface area contributed by atoms with Crippen LogP contribution in [0.3, 0.4) is 0 Å². The van der Waals surface area contributed by atoms with Gasteiger partial charge >= 0.3 is 0 Å². The van der Waals surface area contributed by atoms with Gasteiger partial charge in [-0.15, -0.1) is 0 Å². The minimum Gasteiger partial charge on any atom is -0.295 e. The van der Waals surface area contributed by atoms with Gasteiger partial charge in [0.25, 0.3) is 0 Å². The summed E-state index contributed by atoms with van der Waals surface area (Å²) in [6, 6.07) is 9.37. The van der Waals surface area contributed by atoms with Crippen molar-refractivity contribution in [2.45, 2.75) is 84.5 Å². The molecule has 1 nitrogen and oxygen atoms in total. The first-order valence-corrected chi connectivity index (χ1v) is 11.9. The number of aryl methyl sites for hydroxylation is 1. The van der Waals surface area contributed by atoms with E-state index in [9.17, 15) is 4.79 Å². The summed E-state index contributed by atoms with van der Waals surface area (Å²) in [5, 5.41) is 0. The first kappa shape index (κ1) is 18.6. The normalized spacial score (nSPS) is 39.7. The Labute approximate surface area is 171 Å². The summed E-state index contributed by atoms with van der Waals surface area (Å²) in [4.78, 5) is 12.3. The van der Waals surface area contributed by atoms with Crippen LogP contribution in [0.15, 0.2) is 35.9 Å². The van der Waals surface area contributed by atoms with Gasteiger partial charge in [0.2, 0.25) is 0 Å². The molecule has 0 aromatic heterocycles. The van der Waals surface area contributed by atoms with Crippen LogP contribution in [0.4, 0.5) is 0 Å². The molecular weight excluding hydrogens is 340 g/mol. The lowest BCUT2D eigenvalue weighted by Gasteiger charge is -2.58. The Morgan fingerprint density at radius 2 is 1.71 bits per heavy atom. The van der Waals surface area contributed by atoms with Crippen LogP contribution in [0.25, 0.3) is 0 Å². The molecular formula is C27H36O. The molecule has 0 heterocycles. The third-order valence-electron chi connectivity index (χ3n) is 9.42. The third kappa shape index (κ3) is 2.84. The minimum atomic E-state index is 0.258. The summed E-state index contributed by atoms with van der Waals surface area (Å²) in [5.74, 6) is 3.00. The highest BCUT2D eigenvalue weighted by Gasteiger charge is 2.57. The van der Waals surface area contributed by atoms with E-state index in [1.54, 1.807) is 0 Å². The fourth-order valence-electron chi connectivity index (χ4n) is 7.94. The predicted molar refractivity (Wildman–Crippen MR) is 115 cm³/mol. The standard InChI is InChI=1S/C27H36O/c1-3-19-6-8-20(9-7-19)18-27-16-12-22(28)17-21(27)10-11-23-24-5-4-14-26(24,2)15-13-25(23)27/h6-9,17,23-25H,3-5,10-16,18H2,1-2H3/t23-,24-,25+,26-,27+/m0/s1. The summed E-state index contributed by atoms with van der Waals surface area (Å²) in [7, 11) is 0. The van der Waals surface area contributed by atoms with Crippen molar-refractivity contribution in [3.05, 3.63) is 47.0 Å². The number of benzene rings is 1. The molecule has 4 aliphatic rings. The zero-order valence-corrected chi connectivity index (χ0v) is 17.8. The maximum absolute atomic E-state index is 12.3. The number of hydrogen-bond acceptors (Lipinski definition) is 1. The van der Waals surface area contributed by atoms with Crippen LogP contribution in [0.1, 0.15) is 82.8 Å². The third-order valence-corrected chi connectivity index (χ3v) is 9.42. The zero-order chi connectivity index (χ0) is 19.4. The Bertz CT molecular complexity index is 787. The molecule has 0 N–H and O–H groups in total. The van der Waals surface area contributed by atoms with Gasteiger partial charge in [-0.3, -0.25) is 4.79 Å². The molecule has 5 atom stereocenters. The highest BCUT2D eigenvalue weighted by atomic mass is 16.1. The second-order valence-electron chi connectivity index (χ2n) is 10.6. The summed E-state index contributed by atoms with van der Waals surface area (Å²) >= 11 is 0. The van der Waals surface area contributed by atoms with E-state index in [0.717, 1.165) is 43.4 Å². The van der Waals surface area contributed by atoms with Crippen LogP contribution < -0.4 is 0 Å². The molecule has 4 aliphatic carbocycles. The van der Waals surface area contributed by atoms with Crippen molar-refractivity contribution >= 4 is 5.78 Å². The maximum Gasteiger partial charge on any atom is 0.155 e. The molecule has 1 aromatic carbocycles. The lowest BCUT2D eigenvalue weighted by atomic mass is 9.46. The Balaban J connectivity index is 1.52. The van der Waals surface area contributed by atoms with E-state index < -0.39 is 0 Å². The molecule has 1 heteroatoms. The van der Waals surface area contributed by atoms with Crippen molar-refractivity contribution in [1.29, 1.82) is 0 Å². The van der Waals surface area contributed by atoms with Gasteiger partial charge in [-0.1, -0.05) is 50.1 Å². The van der Waals surface area contributed by atoms with Gasteiger partial charge in [0.05, 0.1) is 0 Å². The highest BCUT2D eigenvalue weighted by Crippen LogP contribution is 2.66. The van der Waals surface area contributed by atoms with Gasteiger partial charge in [-0.2, -0.15) is 0 Å². The second kappa shape index (κ2) is 6.85. The molecule has 0 radical (unpaired) electrons. The molecule has 150 valence electrons. The van der Waals surface area contributed by atoms with Crippen molar-refractivity contribution in [3.8, 4) is 0 Å². The molecule has 3 saturated carbocycles. The van der Waals surface area contributed by atoms with Crippen LogP contribution in [0.5, 0.6) is 0 Å². The van der Waals surface area contributed by atoms with Gasteiger partial charge in [-0.05, 0) is 104 Å². The first-order chi connectivity index (χ1) is 13.5.